The number of pyridine rings is 1. The lowest BCUT2D eigenvalue weighted by Crippen LogP contribution is -2.59. The van der Waals surface area contributed by atoms with E-state index < -0.39 is 10.0 Å². The molecule has 0 radical (unpaired) electrons. The van der Waals surface area contributed by atoms with Gasteiger partial charge in [-0.2, -0.15) is 0 Å². The summed E-state index contributed by atoms with van der Waals surface area (Å²) >= 11 is 0. The van der Waals surface area contributed by atoms with Crippen LogP contribution in [-0.2, 0) is 14.8 Å². The van der Waals surface area contributed by atoms with Gasteiger partial charge < -0.3 is 14.2 Å². The Hall–Kier alpha value is -2.30. The van der Waals surface area contributed by atoms with Gasteiger partial charge in [0.2, 0.25) is 21.8 Å². The van der Waals surface area contributed by atoms with Crippen LogP contribution >= 0.6 is 0 Å². The molecule has 166 valence electrons. The minimum Gasteiger partial charge on any atom is -0.473 e. The number of rotatable bonds is 6. The zero-order chi connectivity index (χ0) is 21.6. The molecule has 0 spiro atoms. The molecule has 31 heavy (non-hydrogen) atoms. The van der Waals surface area contributed by atoms with Crippen molar-refractivity contribution >= 4 is 10.0 Å². The molecule has 1 aliphatic carbocycles. The quantitative estimate of drug-likeness (QED) is 0.665. The smallest absolute Gasteiger partial charge is 0.229 e. The summed E-state index contributed by atoms with van der Waals surface area (Å²) < 4.78 is 45.2. The molecule has 9 nitrogen and oxygen atoms in total. The van der Waals surface area contributed by atoms with E-state index in [0.717, 1.165) is 18.5 Å². The fourth-order valence-electron chi connectivity index (χ4n) is 4.28. The third kappa shape index (κ3) is 3.99. The second kappa shape index (κ2) is 7.99. The molecule has 0 aromatic carbocycles. The summed E-state index contributed by atoms with van der Waals surface area (Å²) in [6.45, 7) is 5.51. The van der Waals surface area contributed by atoms with Crippen molar-refractivity contribution in [3.05, 3.63) is 35.9 Å². The first-order valence-corrected chi connectivity index (χ1v) is 12.1. The lowest BCUT2D eigenvalue weighted by atomic mass is 9.85. The average Bonchev–Trinajstić information content (AvgIpc) is 3.58. The van der Waals surface area contributed by atoms with Crippen LogP contribution < -0.4 is 9.47 Å². The monoisotopic (exact) mass is 446 g/mol. The van der Waals surface area contributed by atoms with Crippen LogP contribution in [-0.4, -0.2) is 65.3 Å². The fraction of sp³-hybridized carbons (Fsp3) is 0.571. The van der Waals surface area contributed by atoms with Crippen molar-refractivity contribution in [3.63, 3.8) is 0 Å². The van der Waals surface area contributed by atoms with Crippen molar-refractivity contribution in [3.8, 4) is 17.5 Å². The van der Waals surface area contributed by atoms with Crippen molar-refractivity contribution in [1.29, 1.82) is 0 Å². The summed E-state index contributed by atoms with van der Waals surface area (Å²) in [5.41, 5.74) is 1.46. The van der Waals surface area contributed by atoms with Gasteiger partial charge in [-0.15, -0.1) is 0 Å². The summed E-state index contributed by atoms with van der Waals surface area (Å²) in [7, 11) is -3.21. The predicted octanol–water partition coefficient (Wildman–Crippen LogP) is 2.10. The minimum absolute atomic E-state index is 0.0414. The molecular formula is C21H26N4O5S. The number of fused-ring (bicyclic) bond motifs is 2. The summed E-state index contributed by atoms with van der Waals surface area (Å²) in [6, 6.07) is 3.64. The first-order valence-electron chi connectivity index (χ1n) is 10.6. The van der Waals surface area contributed by atoms with E-state index in [1.165, 1.54) is 6.33 Å². The number of hydrogen-bond acceptors (Lipinski definition) is 8. The Morgan fingerprint density at radius 3 is 2.45 bits per heavy atom. The van der Waals surface area contributed by atoms with Crippen LogP contribution in [0, 0.1) is 25.7 Å². The van der Waals surface area contributed by atoms with E-state index in [-0.39, 0.29) is 23.2 Å². The molecule has 2 unspecified atom stereocenters. The number of ether oxygens (including phenoxy) is 3. The summed E-state index contributed by atoms with van der Waals surface area (Å²) in [5.74, 6) is 1.41. The highest BCUT2D eigenvalue weighted by molar-refractivity contribution is 7.90. The Bertz CT molecular complexity index is 1060. The molecule has 1 saturated carbocycles. The minimum atomic E-state index is -3.21. The maximum atomic E-state index is 12.7. The second-order valence-corrected chi connectivity index (χ2v) is 10.7. The lowest BCUT2D eigenvalue weighted by Gasteiger charge is -2.45. The van der Waals surface area contributed by atoms with Crippen molar-refractivity contribution < 1.29 is 22.6 Å². The molecule has 0 N–H and O–H groups in total. The van der Waals surface area contributed by atoms with E-state index >= 15 is 0 Å². The van der Waals surface area contributed by atoms with Gasteiger partial charge in [-0.05, 0) is 38.8 Å². The molecule has 2 atom stereocenters. The van der Waals surface area contributed by atoms with Gasteiger partial charge in [0.15, 0.2) is 5.75 Å². The van der Waals surface area contributed by atoms with Crippen LogP contribution in [0.2, 0.25) is 0 Å². The standard InChI is InChI=1S/C21H26N4O5S/c1-13-20(29-18-4-3-7-22-14(18)2)23-12-24-21(13)30-19-15-8-25(9-16(19)11-28-10-15)31(26,27)17-5-6-17/h3-4,7,12,15-17,19H,5-6,8-11H2,1-2H3. The van der Waals surface area contributed by atoms with Crippen LogP contribution in [0.4, 0.5) is 0 Å². The number of aryl methyl sites for hydroxylation is 1. The van der Waals surface area contributed by atoms with Gasteiger partial charge >= 0.3 is 0 Å². The van der Waals surface area contributed by atoms with Gasteiger partial charge in [0, 0.05) is 31.1 Å². The molecular weight excluding hydrogens is 420 g/mol. The Morgan fingerprint density at radius 1 is 1.06 bits per heavy atom. The lowest BCUT2D eigenvalue weighted by molar-refractivity contribution is -0.0998. The molecule has 2 bridgehead atoms. The predicted molar refractivity (Wildman–Crippen MR) is 112 cm³/mol. The summed E-state index contributed by atoms with van der Waals surface area (Å²) in [6.07, 6.45) is 4.50. The molecule has 3 aliphatic rings. The first-order chi connectivity index (χ1) is 14.9. The Balaban J connectivity index is 1.35. The fourth-order valence-corrected chi connectivity index (χ4v) is 6.24. The van der Waals surface area contributed by atoms with E-state index in [2.05, 4.69) is 15.0 Å². The van der Waals surface area contributed by atoms with Gasteiger partial charge in [0.25, 0.3) is 0 Å². The van der Waals surface area contributed by atoms with Gasteiger partial charge in [0.05, 0.1) is 29.7 Å². The highest BCUT2D eigenvalue weighted by atomic mass is 32.2. The maximum Gasteiger partial charge on any atom is 0.229 e. The van der Waals surface area contributed by atoms with Gasteiger partial charge in [-0.3, -0.25) is 4.98 Å². The first kappa shape index (κ1) is 20.6. The van der Waals surface area contributed by atoms with Crippen molar-refractivity contribution in [1.82, 2.24) is 19.3 Å². The van der Waals surface area contributed by atoms with E-state index in [1.54, 1.807) is 16.6 Å². The molecule has 2 aromatic rings. The number of sulfonamides is 1. The van der Waals surface area contributed by atoms with Crippen LogP contribution in [0.1, 0.15) is 24.1 Å². The molecule has 0 amide bonds. The Labute approximate surface area is 181 Å². The molecule has 2 aromatic heterocycles. The van der Waals surface area contributed by atoms with Gasteiger partial charge in [0.1, 0.15) is 12.4 Å². The van der Waals surface area contributed by atoms with E-state index in [4.69, 9.17) is 14.2 Å². The van der Waals surface area contributed by atoms with E-state index in [9.17, 15) is 8.42 Å². The highest BCUT2D eigenvalue weighted by Crippen LogP contribution is 2.38. The number of nitrogens with zero attached hydrogens (tertiary/aromatic N) is 4. The van der Waals surface area contributed by atoms with E-state index in [0.29, 0.717) is 49.4 Å². The third-order valence-electron chi connectivity index (χ3n) is 6.18. The van der Waals surface area contributed by atoms with E-state index in [1.807, 2.05) is 19.9 Å². The van der Waals surface area contributed by atoms with Crippen molar-refractivity contribution in [2.75, 3.05) is 26.3 Å². The number of aromatic nitrogens is 3. The van der Waals surface area contributed by atoms with Crippen molar-refractivity contribution in [2.24, 2.45) is 11.8 Å². The largest absolute Gasteiger partial charge is 0.473 e. The normalized spacial score (nSPS) is 26.5. The second-order valence-electron chi connectivity index (χ2n) is 8.50. The molecule has 2 aliphatic heterocycles. The third-order valence-corrected chi connectivity index (χ3v) is 8.51. The molecule has 4 heterocycles. The molecule has 10 heteroatoms. The van der Waals surface area contributed by atoms with Crippen LogP contribution in [0.5, 0.6) is 17.5 Å². The molecule has 5 rings (SSSR count). The highest BCUT2D eigenvalue weighted by Gasteiger charge is 2.49. The zero-order valence-electron chi connectivity index (χ0n) is 17.6. The average molecular weight is 447 g/mol. The van der Waals surface area contributed by atoms with Crippen LogP contribution in [0.15, 0.2) is 24.7 Å². The zero-order valence-corrected chi connectivity index (χ0v) is 18.4. The Kier molecular flexibility index (Phi) is 5.31. The van der Waals surface area contributed by atoms with Crippen LogP contribution in [0.3, 0.4) is 0 Å². The maximum absolute atomic E-state index is 12.7. The SMILES string of the molecule is Cc1ncccc1Oc1ncnc(OC2C3COCC2CN(S(=O)(=O)C2CC2)C3)c1C. The van der Waals surface area contributed by atoms with Crippen molar-refractivity contribution in [2.45, 2.75) is 38.0 Å². The van der Waals surface area contributed by atoms with Gasteiger partial charge in [-0.1, -0.05) is 0 Å². The molecule has 2 saturated heterocycles. The number of hydrogen-bond donors (Lipinski definition) is 0. The summed E-state index contributed by atoms with van der Waals surface area (Å²) in [4.78, 5) is 12.8. The number of piperidine rings is 1. The van der Waals surface area contributed by atoms with Crippen LogP contribution in [0.25, 0.3) is 0 Å². The summed E-state index contributed by atoms with van der Waals surface area (Å²) in [5, 5.41) is -0.202. The molecule has 3 fully saturated rings. The Morgan fingerprint density at radius 2 is 1.77 bits per heavy atom. The van der Waals surface area contributed by atoms with Gasteiger partial charge in [-0.25, -0.2) is 22.7 Å². The topological polar surface area (TPSA) is 104 Å².